The molecule has 0 spiro atoms. The monoisotopic (exact) mass is 352 g/mol. The number of nitrogens with zero attached hydrogens (tertiary/aromatic N) is 2. The van der Waals surface area contributed by atoms with Crippen molar-refractivity contribution in [1.29, 1.82) is 0 Å². The molecule has 1 saturated heterocycles. The third-order valence-electron chi connectivity index (χ3n) is 4.87. The number of hydrogen-bond acceptors (Lipinski definition) is 4. The number of benzene rings is 2. The van der Waals surface area contributed by atoms with Gasteiger partial charge in [-0.1, -0.05) is 12.1 Å². The molecule has 138 valence electrons. The van der Waals surface area contributed by atoms with Gasteiger partial charge >= 0.3 is 0 Å². The van der Waals surface area contributed by atoms with Crippen molar-refractivity contribution < 1.29 is 4.79 Å². The van der Waals surface area contributed by atoms with E-state index in [9.17, 15) is 4.79 Å². The molecule has 1 aliphatic heterocycles. The molecule has 5 heteroatoms. The van der Waals surface area contributed by atoms with Gasteiger partial charge in [0.05, 0.1) is 0 Å². The molecule has 1 heterocycles. The van der Waals surface area contributed by atoms with Crippen LogP contribution in [-0.4, -0.2) is 44.0 Å². The summed E-state index contributed by atoms with van der Waals surface area (Å²) in [5, 5.41) is 2.99. The zero-order chi connectivity index (χ0) is 18.4. The third-order valence-corrected chi connectivity index (χ3v) is 4.87. The second kappa shape index (κ2) is 8.72. The van der Waals surface area contributed by atoms with Gasteiger partial charge in [-0.2, -0.15) is 0 Å². The van der Waals surface area contributed by atoms with Crippen LogP contribution in [-0.2, 0) is 11.2 Å². The second-order valence-electron chi connectivity index (χ2n) is 6.98. The summed E-state index contributed by atoms with van der Waals surface area (Å²) in [6, 6.07) is 16.0. The molecule has 5 nitrogen and oxygen atoms in total. The molecular formula is C21H28N4O. The van der Waals surface area contributed by atoms with E-state index < -0.39 is 0 Å². The molecule has 1 fully saturated rings. The molecule has 0 unspecified atom stereocenters. The number of nitrogens with one attached hydrogen (secondary N) is 1. The number of amides is 1. The van der Waals surface area contributed by atoms with E-state index in [1.165, 1.54) is 11.3 Å². The number of piperazine rings is 1. The minimum absolute atomic E-state index is 0.0628. The molecule has 1 amide bonds. The van der Waals surface area contributed by atoms with E-state index in [0.717, 1.165) is 50.4 Å². The van der Waals surface area contributed by atoms with Gasteiger partial charge in [0.15, 0.2) is 0 Å². The predicted octanol–water partition coefficient (Wildman–Crippen LogP) is 2.98. The van der Waals surface area contributed by atoms with Gasteiger partial charge in [0.25, 0.3) is 0 Å². The molecule has 1 aliphatic rings. The lowest BCUT2D eigenvalue weighted by Gasteiger charge is -2.34. The molecule has 2 aromatic rings. The van der Waals surface area contributed by atoms with Crippen molar-refractivity contribution >= 4 is 23.0 Å². The third kappa shape index (κ3) is 5.23. The molecule has 0 bridgehead atoms. The first-order valence-electron chi connectivity index (χ1n) is 9.28. The summed E-state index contributed by atoms with van der Waals surface area (Å²) >= 11 is 0. The highest BCUT2D eigenvalue weighted by atomic mass is 16.1. The molecule has 0 aromatic heterocycles. The van der Waals surface area contributed by atoms with Gasteiger partial charge in [-0.05, 0) is 61.9 Å². The van der Waals surface area contributed by atoms with Crippen molar-refractivity contribution in [1.82, 2.24) is 4.90 Å². The Morgan fingerprint density at radius 3 is 2.31 bits per heavy atom. The summed E-state index contributed by atoms with van der Waals surface area (Å²) in [7, 11) is 2.16. The summed E-state index contributed by atoms with van der Waals surface area (Å²) in [6.45, 7) is 4.28. The number of rotatable bonds is 6. The number of likely N-dealkylation sites (N-methyl/N-ethyl adjacent to an activating group) is 1. The molecule has 3 rings (SSSR count). The maximum absolute atomic E-state index is 12.1. The molecule has 3 N–H and O–H groups in total. The number of carbonyl (C=O) groups excluding carboxylic acids is 1. The molecule has 0 radical (unpaired) electrons. The SMILES string of the molecule is CN1CCN(c2ccc(NC(=O)CCCc3ccc(N)cc3)cc2)CC1. The number of anilines is 3. The van der Waals surface area contributed by atoms with E-state index in [-0.39, 0.29) is 5.91 Å². The fraction of sp³-hybridized carbons (Fsp3) is 0.381. The van der Waals surface area contributed by atoms with Crippen LogP contribution in [0, 0.1) is 0 Å². The fourth-order valence-electron chi connectivity index (χ4n) is 3.18. The predicted molar refractivity (Wildman–Crippen MR) is 109 cm³/mol. The average Bonchev–Trinajstić information content (AvgIpc) is 2.65. The first-order valence-corrected chi connectivity index (χ1v) is 9.28. The van der Waals surface area contributed by atoms with Crippen LogP contribution in [0.4, 0.5) is 17.1 Å². The highest BCUT2D eigenvalue weighted by molar-refractivity contribution is 5.90. The number of carbonyl (C=O) groups is 1. The lowest BCUT2D eigenvalue weighted by Crippen LogP contribution is -2.44. The summed E-state index contributed by atoms with van der Waals surface area (Å²) in [6.07, 6.45) is 2.23. The normalized spacial score (nSPS) is 15.0. The number of aryl methyl sites for hydroxylation is 1. The first-order chi connectivity index (χ1) is 12.6. The standard InChI is InChI=1S/C21H28N4O/c1-24-13-15-25(16-14-24)20-11-9-19(10-12-20)23-21(26)4-2-3-17-5-7-18(22)8-6-17/h5-12H,2-4,13-16,22H2,1H3,(H,23,26). The molecule has 2 aromatic carbocycles. The fourth-order valence-corrected chi connectivity index (χ4v) is 3.18. The minimum atomic E-state index is 0.0628. The van der Waals surface area contributed by atoms with Crippen LogP contribution >= 0.6 is 0 Å². The van der Waals surface area contributed by atoms with Gasteiger partial charge in [-0.3, -0.25) is 4.79 Å². The van der Waals surface area contributed by atoms with Gasteiger partial charge in [0.2, 0.25) is 5.91 Å². The van der Waals surface area contributed by atoms with Gasteiger partial charge in [-0.25, -0.2) is 0 Å². The number of hydrogen-bond donors (Lipinski definition) is 2. The zero-order valence-corrected chi connectivity index (χ0v) is 15.4. The number of nitrogen functional groups attached to an aromatic ring is 1. The van der Waals surface area contributed by atoms with Crippen molar-refractivity contribution in [2.45, 2.75) is 19.3 Å². The van der Waals surface area contributed by atoms with Gasteiger partial charge in [-0.15, -0.1) is 0 Å². The smallest absolute Gasteiger partial charge is 0.224 e. The van der Waals surface area contributed by atoms with Crippen LogP contribution < -0.4 is 16.0 Å². The van der Waals surface area contributed by atoms with Crippen molar-refractivity contribution in [2.75, 3.05) is 49.2 Å². The van der Waals surface area contributed by atoms with Crippen LogP contribution in [0.25, 0.3) is 0 Å². The highest BCUT2D eigenvalue weighted by Crippen LogP contribution is 2.19. The van der Waals surface area contributed by atoms with E-state index >= 15 is 0 Å². The van der Waals surface area contributed by atoms with Crippen molar-refractivity contribution in [3.8, 4) is 0 Å². The van der Waals surface area contributed by atoms with Gasteiger partial charge in [0, 0.05) is 49.7 Å². The van der Waals surface area contributed by atoms with Crippen LogP contribution in [0.5, 0.6) is 0 Å². The lowest BCUT2D eigenvalue weighted by molar-refractivity contribution is -0.116. The van der Waals surface area contributed by atoms with Crippen molar-refractivity contribution in [3.05, 3.63) is 54.1 Å². The van der Waals surface area contributed by atoms with Gasteiger partial charge < -0.3 is 20.9 Å². The Bertz CT molecular complexity index is 704. The Kier molecular flexibility index (Phi) is 6.12. The van der Waals surface area contributed by atoms with Gasteiger partial charge in [0.1, 0.15) is 0 Å². The van der Waals surface area contributed by atoms with E-state index in [1.807, 2.05) is 36.4 Å². The maximum Gasteiger partial charge on any atom is 0.224 e. The Morgan fingerprint density at radius 2 is 1.65 bits per heavy atom. The second-order valence-corrected chi connectivity index (χ2v) is 6.98. The van der Waals surface area contributed by atoms with Crippen LogP contribution in [0.15, 0.2) is 48.5 Å². The van der Waals surface area contributed by atoms with Crippen molar-refractivity contribution in [2.24, 2.45) is 0 Å². The molecule has 0 saturated carbocycles. The quantitative estimate of drug-likeness (QED) is 0.785. The van der Waals surface area contributed by atoms with Crippen LogP contribution in [0.3, 0.4) is 0 Å². The number of nitrogens with two attached hydrogens (primary N) is 1. The van der Waals surface area contributed by atoms with E-state index in [4.69, 9.17) is 5.73 Å². The molecule has 0 aliphatic carbocycles. The Hall–Kier alpha value is -2.53. The molecular weight excluding hydrogens is 324 g/mol. The zero-order valence-electron chi connectivity index (χ0n) is 15.4. The Balaban J connectivity index is 1.43. The lowest BCUT2D eigenvalue weighted by atomic mass is 10.1. The molecule has 26 heavy (non-hydrogen) atoms. The van der Waals surface area contributed by atoms with E-state index in [1.54, 1.807) is 0 Å². The summed E-state index contributed by atoms with van der Waals surface area (Å²) < 4.78 is 0. The Morgan fingerprint density at radius 1 is 1.00 bits per heavy atom. The Labute approximate surface area is 155 Å². The molecule has 0 atom stereocenters. The van der Waals surface area contributed by atoms with Crippen LogP contribution in [0.1, 0.15) is 18.4 Å². The largest absolute Gasteiger partial charge is 0.399 e. The average molecular weight is 352 g/mol. The van der Waals surface area contributed by atoms with Crippen LogP contribution in [0.2, 0.25) is 0 Å². The van der Waals surface area contributed by atoms with Crippen molar-refractivity contribution in [3.63, 3.8) is 0 Å². The summed E-state index contributed by atoms with van der Waals surface area (Å²) in [5.74, 6) is 0.0628. The summed E-state index contributed by atoms with van der Waals surface area (Å²) in [5.41, 5.74) is 9.75. The van der Waals surface area contributed by atoms with E-state index in [0.29, 0.717) is 6.42 Å². The maximum atomic E-state index is 12.1. The topological polar surface area (TPSA) is 61.6 Å². The summed E-state index contributed by atoms with van der Waals surface area (Å²) in [4.78, 5) is 16.9. The minimum Gasteiger partial charge on any atom is -0.399 e. The van der Waals surface area contributed by atoms with E-state index in [2.05, 4.69) is 34.3 Å². The first kappa shape index (κ1) is 18.3. The highest BCUT2D eigenvalue weighted by Gasteiger charge is 2.14.